The minimum atomic E-state index is 0.0385. The lowest BCUT2D eigenvalue weighted by atomic mass is 9.90. The zero-order valence-corrected chi connectivity index (χ0v) is 14.3. The first-order valence-electron chi connectivity index (χ1n) is 8.84. The van der Waals surface area contributed by atoms with E-state index in [-0.39, 0.29) is 6.61 Å². The molecule has 1 aliphatic carbocycles. The summed E-state index contributed by atoms with van der Waals surface area (Å²) < 4.78 is 11.6. The zero-order valence-electron chi connectivity index (χ0n) is 14.3. The van der Waals surface area contributed by atoms with Gasteiger partial charge in [-0.3, -0.25) is 4.79 Å². The number of hydrogen-bond acceptors (Lipinski definition) is 5. The summed E-state index contributed by atoms with van der Waals surface area (Å²) in [5.41, 5.74) is 3.42. The van der Waals surface area contributed by atoms with E-state index in [0.717, 1.165) is 49.8 Å². The smallest absolute Gasteiger partial charge is 0.221 e. The van der Waals surface area contributed by atoms with Crippen molar-refractivity contribution in [3.8, 4) is 5.88 Å². The molecule has 1 fully saturated rings. The average Bonchev–Trinajstić information content (AvgIpc) is 3.12. The molecular weight excluding hydrogens is 304 g/mol. The van der Waals surface area contributed by atoms with Gasteiger partial charge < -0.3 is 14.8 Å². The zero-order chi connectivity index (χ0) is 16.8. The molecule has 5 heteroatoms. The molecule has 1 aliphatic heterocycles. The topological polar surface area (TPSA) is 60.5 Å². The number of carbonyl (C=O) groups excluding carboxylic acids is 1. The van der Waals surface area contributed by atoms with Crippen molar-refractivity contribution < 1.29 is 14.3 Å². The third-order valence-electron chi connectivity index (χ3n) is 4.79. The number of pyridine rings is 1. The minimum absolute atomic E-state index is 0.0385. The van der Waals surface area contributed by atoms with Crippen LogP contribution in [0.25, 0.3) is 5.57 Å². The Kier molecular flexibility index (Phi) is 5.99. The molecule has 2 aliphatic rings. The summed E-state index contributed by atoms with van der Waals surface area (Å²) >= 11 is 0. The molecule has 2 unspecified atom stereocenters. The van der Waals surface area contributed by atoms with Crippen LogP contribution in [0.15, 0.2) is 18.3 Å². The van der Waals surface area contributed by atoms with Crippen molar-refractivity contribution in [2.45, 2.75) is 51.2 Å². The number of nitrogens with zero attached hydrogens (tertiary/aromatic N) is 1. The van der Waals surface area contributed by atoms with Gasteiger partial charge >= 0.3 is 0 Å². The highest BCUT2D eigenvalue weighted by Gasteiger charge is 2.22. The molecule has 0 saturated carbocycles. The second-order valence-corrected chi connectivity index (χ2v) is 6.54. The Morgan fingerprint density at radius 2 is 2.33 bits per heavy atom. The summed E-state index contributed by atoms with van der Waals surface area (Å²) in [7, 11) is 0. The third kappa shape index (κ3) is 4.22. The summed E-state index contributed by atoms with van der Waals surface area (Å²) in [6.07, 6.45) is 10.4. The van der Waals surface area contributed by atoms with Gasteiger partial charge in [0.05, 0.1) is 12.7 Å². The fraction of sp³-hybridized carbons (Fsp3) is 0.579. The van der Waals surface area contributed by atoms with Crippen LogP contribution in [0.3, 0.4) is 0 Å². The van der Waals surface area contributed by atoms with Crippen LogP contribution < -0.4 is 10.1 Å². The Bertz CT molecular complexity index is 594. The van der Waals surface area contributed by atoms with Crippen molar-refractivity contribution in [1.29, 1.82) is 0 Å². The highest BCUT2D eigenvalue weighted by atomic mass is 16.5. The molecule has 2 heterocycles. The Labute approximate surface area is 143 Å². The van der Waals surface area contributed by atoms with Crippen LogP contribution in [-0.4, -0.2) is 43.2 Å². The van der Waals surface area contributed by atoms with Crippen LogP contribution in [0.5, 0.6) is 5.88 Å². The predicted molar refractivity (Wildman–Crippen MR) is 93.1 cm³/mol. The number of carbonyl (C=O) groups is 1. The van der Waals surface area contributed by atoms with E-state index in [1.807, 2.05) is 6.07 Å². The fourth-order valence-electron chi connectivity index (χ4n) is 3.49. The highest BCUT2D eigenvalue weighted by Crippen LogP contribution is 2.34. The Balaban J connectivity index is 1.62. The summed E-state index contributed by atoms with van der Waals surface area (Å²) in [5.74, 6) is 0.558. The molecule has 0 aromatic carbocycles. The molecule has 1 N–H and O–H groups in total. The van der Waals surface area contributed by atoms with E-state index >= 15 is 0 Å². The second kappa shape index (κ2) is 8.40. The van der Waals surface area contributed by atoms with E-state index in [1.165, 1.54) is 18.4 Å². The van der Waals surface area contributed by atoms with Gasteiger partial charge in [-0.05, 0) is 62.8 Å². The number of ether oxygens (including phenoxy) is 2. The van der Waals surface area contributed by atoms with Crippen molar-refractivity contribution in [1.82, 2.24) is 10.3 Å². The van der Waals surface area contributed by atoms with E-state index in [4.69, 9.17) is 9.47 Å². The van der Waals surface area contributed by atoms with Crippen LogP contribution in [0.4, 0.5) is 0 Å². The first-order chi connectivity index (χ1) is 11.8. The molecule has 130 valence electrons. The molecule has 1 aromatic rings. The Morgan fingerprint density at radius 3 is 3.04 bits per heavy atom. The molecule has 0 amide bonds. The summed E-state index contributed by atoms with van der Waals surface area (Å²) in [4.78, 5) is 14.9. The van der Waals surface area contributed by atoms with E-state index < -0.39 is 0 Å². The van der Waals surface area contributed by atoms with E-state index in [9.17, 15) is 4.79 Å². The van der Waals surface area contributed by atoms with Gasteiger partial charge in [-0.1, -0.05) is 6.08 Å². The lowest BCUT2D eigenvalue weighted by Gasteiger charge is -2.25. The third-order valence-corrected chi connectivity index (χ3v) is 4.79. The number of nitrogens with one attached hydrogen (secondary N) is 1. The van der Waals surface area contributed by atoms with Gasteiger partial charge in [0.25, 0.3) is 0 Å². The molecule has 1 aromatic heterocycles. The summed E-state index contributed by atoms with van der Waals surface area (Å²) in [5, 5.41) is 3.47. The molecule has 24 heavy (non-hydrogen) atoms. The van der Waals surface area contributed by atoms with E-state index in [2.05, 4.69) is 23.3 Å². The van der Waals surface area contributed by atoms with Gasteiger partial charge in [0.1, 0.15) is 6.61 Å². The fourth-order valence-corrected chi connectivity index (χ4v) is 3.49. The maximum atomic E-state index is 10.6. The maximum Gasteiger partial charge on any atom is 0.221 e. The van der Waals surface area contributed by atoms with Crippen molar-refractivity contribution in [3.63, 3.8) is 0 Å². The van der Waals surface area contributed by atoms with Crippen LogP contribution in [-0.2, 0) is 9.53 Å². The summed E-state index contributed by atoms with van der Waals surface area (Å²) in [6.45, 7) is 4.02. The number of aromatic nitrogens is 1. The number of aldehydes is 1. The largest absolute Gasteiger partial charge is 0.470 e. The van der Waals surface area contributed by atoms with Crippen molar-refractivity contribution in [3.05, 3.63) is 29.5 Å². The van der Waals surface area contributed by atoms with Crippen molar-refractivity contribution in [2.24, 2.45) is 0 Å². The number of hydrogen-bond donors (Lipinski definition) is 1. The number of allylic oxidation sites excluding steroid dienone is 1. The molecule has 2 atom stereocenters. The van der Waals surface area contributed by atoms with Gasteiger partial charge in [-0.2, -0.15) is 0 Å². The van der Waals surface area contributed by atoms with Gasteiger partial charge in [-0.25, -0.2) is 4.98 Å². The average molecular weight is 330 g/mol. The maximum absolute atomic E-state index is 10.6. The highest BCUT2D eigenvalue weighted by molar-refractivity contribution is 5.72. The Morgan fingerprint density at radius 1 is 1.42 bits per heavy atom. The van der Waals surface area contributed by atoms with Crippen LogP contribution in [0, 0.1) is 6.92 Å². The predicted octanol–water partition coefficient (Wildman–Crippen LogP) is 2.67. The van der Waals surface area contributed by atoms with Gasteiger partial charge in [0.15, 0.2) is 6.29 Å². The van der Waals surface area contributed by atoms with Crippen molar-refractivity contribution >= 4 is 11.9 Å². The quantitative estimate of drug-likeness (QED) is 0.779. The SMILES string of the molecule is Cc1ccnc(OCC=O)c1C1=CCC(OCC2CCCN2)CC1. The second-order valence-electron chi connectivity index (χ2n) is 6.54. The monoisotopic (exact) mass is 330 g/mol. The van der Waals surface area contributed by atoms with Gasteiger partial charge in [0, 0.05) is 17.8 Å². The van der Waals surface area contributed by atoms with Crippen LogP contribution in [0.1, 0.15) is 43.2 Å². The Hall–Kier alpha value is -1.72. The van der Waals surface area contributed by atoms with Gasteiger partial charge in [-0.15, -0.1) is 0 Å². The molecule has 5 nitrogen and oxygen atoms in total. The lowest BCUT2D eigenvalue weighted by molar-refractivity contribution is -0.109. The molecule has 0 radical (unpaired) electrons. The van der Waals surface area contributed by atoms with Crippen LogP contribution >= 0.6 is 0 Å². The van der Waals surface area contributed by atoms with E-state index in [0.29, 0.717) is 18.0 Å². The van der Waals surface area contributed by atoms with Gasteiger partial charge in [0.2, 0.25) is 5.88 Å². The number of rotatable bonds is 7. The number of aryl methyl sites for hydroxylation is 1. The minimum Gasteiger partial charge on any atom is -0.470 e. The standard InChI is InChI=1S/C19H26N2O3/c1-14-8-10-21-19(23-12-11-22)18(14)15-4-6-17(7-5-15)24-13-16-3-2-9-20-16/h4,8,10-11,16-17,20H,2-3,5-7,9,12-13H2,1H3. The molecule has 0 spiro atoms. The van der Waals surface area contributed by atoms with E-state index in [1.54, 1.807) is 6.20 Å². The van der Waals surface area contributed by atoms with Crippen molar-refractivity contribution in [2.75, 3.05) is 19.8 Å². The summed E-state index contributed by atoms with van der Waals surface area (Å²) in [6, 6.07) is 2.51. The lowest BCUT2D eigenvalue weighted by Crippen LogP contribution is -2.30. The normalized spacial score (nSPS) is 23.8. The molecular formula is C19H26N2O3. The first-order valence-corrected chi connectivity index (χ1v) is 8.84. The molecule has 1 saturated heterocycles. The van der Waals surface area contributed by atoms with Crippen LogP contribution in [0.2, 0.25) is 0 Å². The molecule has 3 rings (SSSR count). The molecule has 0 bridgehead atoms. The first kappa shape index (κ1) is 17.1.